The van der Waals surface area contributed by atoms with E-state index in [1.807, 2.05) is 10.9 Å². The van der Waals surface area contributed by atoms with Crippen LogP contribution in [0, 0.1) is 6.92 Å². The first-order valence-electron chi connectivity index (χ1n) is 5.92. The van der Waals surface area contributed by atoms with Crippen LogP contribution in [0.4, 0.5) is 0 Å². The smallest absolute Gasteiger partial charge is 0.0827 e. The van der Waals surface area contributed by atoms with Crippen LogP contribution in [0.15, 0.2) is 30.5 Å². The van der Waals surface area contributed by atoms with Gasteiger partial charge < -0.3 is 5.73 Å². The largest absolute Gasteiger partial charge is 0.330 e. The molecule has 0 spiro atoms. The zero-order chi connectivity index (χ0) is 12.1. The van der Waals surface area contributed by atoms with E-state index in [0.29, 0.717) is 6.54 Å². The Morgan fingerprint density at radius 3 is 3.00 bits per heavy atom. The van der Waals surface area contributed by atoms with Crippen LogP contribution in [0.3, 0.4) is 0 Å². The molecule has 2 N–H and O–H groups in total. The number of aromatic nitrogens is 3. The van der Waals surface area contributed by atoms with Crippen molar-refractivity contribution < 1.29 is 0 Å². The molecule has 0 saturated heterocycles. The van der Waals surface area contributed by atoms with Crippen molar-refractivity contribution in [2.75, 3.05) is 6.54 Å². The summed E-state index contributed by atoms with van der Waals surface area (Å²) in [6.45, 7) is 3.57. The standard InChI is InChI=1S/C13H18N4/c1-11-4-2-5-12(8-11)9-17-10-13(15-16-17)6-3-7-14/h2,4-5,8,10H,3,6-7,9,14H2,1H3. The van der Waals surface area contributed by atoms with E-state index in [1.165, 1.54) is 11.1 Å². The van der Waals surface area contributed by atoms with Crippen molar-refractivity contribution in [2.45, 2.75) is 26.3 Å². The maximum Gasteiger partial charge on any atom is 0.0827 e. The van der Waals surface area contributed by atoms with Crippen molar-refractivity contribution in [1.29, 1.82) is 0 Å². The first-order valence-corrected chi connectivity index (χ1v) is 5.92. The monoisotopic (exact) mass is 230 g/mol. The SMILES string of the molecule is Cc1cccc(Cn2cc(CCCN)nn2)c1. The lowest BCUT2D eigenvalue weighted by Crippen LogP contribution is -2.01. The minimum atomic E-state index is 0.699. The molecule has 4 heteroatoms. The van der Waals surface area contributed by atoms with Gasteiger partial charge in [0.05, 0.1) is 12.2 Å². The fourth-order valence-electron chi connectivity index (χ4n) is 1.81. The summed E-state index contributed by atoms with van der Waals surface area (Å²) in [6.07, 6.45) is 3.87. The molecule has 0 fully saturated rings. The molecule has 0 radical (unpaired) electrons. The van der Waals surface area contributed by atoms with Gasteiger partial charge in [0.25, 0.3) is 0 Å². The minimum absolute atomic E-state index is 0.699. The van der Waals surface area contributed by atoms with Crippen molar-refractivity contribution in [1.82, 2.24) is 15.0 Å². The topological polar surface area (TPSA) is 56.7 Å². The van der Waals surface area contributed by atoms with E-state index < -0.39 is 0 Å². The van der Waals surface area contributed by atoms with Crippen molar-refractivity contribution in [2.24, 2.45) is 5.73 Å². The number of rotatable bonds is 5. The van der Waals surface area contributed by atoms with Gasteiger partial charge in [-0.1, -0.05) is 35.0 Å². The molecule has 0 atom stereocenters. The molecule has 0 unspecified atom stereocenters. The minimum Gasteiger partial charge on any atom is -0.330 e. The predicted molar refractivity (Wildman–Crippen MR) is 67.7 cm³/mol. The fourth-order valence-corrected chi connectivity index (χ4v) is 1.81. The van der Waals surface area contributed by atoms with E-state index in [2.05, 4.69) is 41.5 Å². The molecule has 0 aliphatic heterocycles. The highest BCUT2D eigenvalue weighted by Gasteiger charge is 2.01. The predicted octanol–water partition coefficient (Wildman–Crippen LogP) is 1.53. The molecule has 1 aromatic carbocycles. The molecule has 1 heterocycles. The van der Waals surface area contributed by atoms with Crippen LogP contribution >= 0.6 is 0 Å². The van der Waals surface area contributed by atoms with Gasteiger partial charge in [-0.15, -0.1) is 5.10 Å². The van der Waals surface area contributed by atoms with Crippen molar-refractivity contribution in [3.05, 3.63) is 47.3 Å². The van der Waals surface area contributed by atoms with Gasteiger partial charge in [-0.3, -0.25) is 0 Å². The van der Waals surface area contributed by atoms with Gasteiger partial charge in [-0.25, -0.2) is 4.68 Å². The van der Waals surface area contributed by atoms with Crippen molar-refractivity contribution >= 4 is 0 Å². The number of hydrogen-bond acceptors (Lipinski definition) is 3. The van der Waals surface area contributed by atoms with Crippen LogP contribution in [0.2, 0.25) is 0 Å². The average molecular weight is 230 g/mol. The van der Waals surface area contributed by atoms with Gasteiger partial charge in [0.15, 0.2) is 0 Å². The summed E-state index contributed by atoms with van der Waals surface area (Å²) in [5, 5.41) is 8.25. The normalized spacial score (nSPS) is 10.7. The number of nitrogens with zero attached hydrogens (tertiary/aromatic N) is 3. The Balaban J connectivity index is 2.01. The molecule has 0 amide bonds. The molecule has 17 heavy (non-hydrogen) atoms. The van der Waals surface area contributed by atoms with E-state index in [4.69, 9.17) is 5.73 Å². The maximum atomic E-state index is 5.47. The second-order valence-corrected chi connectivity index (χ2v) is 4.29. The molecule has 0 aliphatic carbocycles. The van der Waals surface area contributed by atoms with Crippen LogP contribution in [-0.4, -0.2) is 21.5 Å². The Hall–Kier alpha value is -1.68. The third kappa shape index (κ3) is 3.39. The highest BCUT2D eigenvalue weighted by atomic mass is 15.4. The van der Waals surface area contributed by atoms with E-state index >= 15 is 0 Å². The average Bonchev–Trinajstić information content (AvgIpc) is 2.74. The van der Waals surface area contributed by atoms with E-state index in [9.17, 15) is 0 Å². The summed E-state index contributed by atoms with van der Waals surface area (Å²) in [4.78, 5) is 0. The van der Waals surface area contributed by atoms with Gasteiger partial charge in [0, 0.05) is 6.20 Å². The lowest BCUT2D eigenvalue weighted by atomic mass is 10.1. The quantitative estimate of drug-likeness (QED) is 0.847. The van der Waals surface area contributed by atoms with Gasteiger partial charge >= 0.3 is 0 Å². The summed E-state index contributed by atoms with van der Waals surface area (Å²) in [5.41, 5.74) is 9.00. The summed E-state index contributed by atoms with van der Waals surface area (Å²) >= 11 is 0. The van der Waals surface area contributed by atoms with Crippen LogP contribution in [-0.2, 0) is 13.0 Å². The number of hydrogen-bond donors (Lipinski definition) is 1. The zero-order valence-corrected chi connectivity index (χ0v) is 10.1. The first-order chi connectivity index (χ1) is 8.28. The van der Waals surface area contributed by atoms with E-state index in [1.54, 1.807) is 0 Å². The second kappa shape index (κ2) is 5.59. The fraction of sp³-hybridized carbons (Fsp3) is 0.385. The summed E-state index contributed by atoms with van der Waals surface area (Å²) in [7, 11) is 0. The Labute approximate surface area is 101 Å². The van der Waals surface area contributed by atoms with Gasteiger partial charge in [0.1, 0.15) is 0 Å². The first kappa shape index (κ1) is 11.8. The highest BCUT2D eigenvalue weighted by molar-refractivity contribution is 5.22. The molecule has 0 saturated carbocycles. The Morgan fingerprint density at radius 1 is 1.35 bits per heavy atom. The molecular formula is C13H18N4. The van der Waals surface area contributed by atoms with Crippen LogP contribution in [0.25, 0.3) is 0 Å². The molecule has 1 aromatic heterocycles. The number of aryl methyl sites for hydroxylation is 2. The van der Waals surface area contributed by atoms with Crippen LogP contribution < -0.4 is 5.73 Å². The molecular weight excluding hydrogens is 212 g/mol. The zero-order valence-electron chi connectivity index (χ0n) is 10.1. The van der Waals surface area contributed by atoms with Crippen molar-refractivity contribution in [3.8, 4) is 0 Å². The van der Waals surface area contributed by atoms with Crippen molar-refractivity contribution in [3.63, 3.8) is 0 Å². The van der Waals surface area contributed by atoms with Crippen LogP contribution in [0.1, 0.15) is 23.2 Å². The lowest BCUT2D eigenvalue weighted by molar-refractivity contribution is 0.648. The maximum absolute atomic E-state index is 5.47. The van der Waals surface area contributed by atoms with Gasteiger partial charge in [-0.2, -0.15) is 0 Å². The highest BCUT2D eigenvalue weighted by Crippen LogP contribution is 2.06. The molecule has 2 rings (SSSR count). The summed E-state index contributed by atoms with van der Waals surface area (Å²) in [6, 6.07) is 8.43. The Morgan fingerprint density at radius 2 is 2.24 bits per heavy atom. The molecule has 0 bridgehead atoms. The van der Waals surface area contributed by atoms with E-state index in [-0.39, 0.29) is 0 Å². The molecule has 90 valence electrons. The molecule has 2 aromatic rings. The number of nitrogens with two attached hydrogens (primary N) is 1. The molecule has 0 aliphatic rings. The Kier molecular flexibility index (Phi) is 3.88. The summed E-state index contributed by atoms with van der Waals surface area (Å²) in [5.74, 6) is 0. The van der Waals surface area contributed by atoms with E-state index in [0.717, 1.165) is 25.1 Å². The second-order valence-electron chi connectivity index (χ2n) is 4.29. The molecule has 4 nitrogen and oxygen atoms in total. The lowest BCUT2D eigenvalue weighted by Gasteiger charge is -2.01. The Bertz CT molecular complexity index is 476. The third-order valence-corrected chi connectivity index (χ3v) is 2.65. The number of benzene rings is 1. The van der Waals surface area contributed by atoms with Crippen LogP contribution in [0.5, 0.6) is 0 Å². The van der Waals surface area contributed by atoms with Gasteiger partial charge in [0.2, 0.25) is 0 Å². The third-order valence-electron chi connectivity index (χ3n) is 2.65. The van der Waals surface area contributed by atoms with Gasteiger partial charge in [-0.05, 0) is 31.9 Å². The summed E-state index contributed by atoms with van der Waals surface area (Å²) < 4.78 is 1.88.